The molecule has 1 fully saturated rings. The van der Waals surface area contributed by atoms with E-state index in [4.69, 9.17) is 17.0 Å². The average Bonchev–Trinajstić information content (AvgIpc) is 2.85. The molecule has 1 aliphatic heterocycles. The third kappa shape index (κ3) is 3.23. The summed E-state index contributed by atoms with van der Waals surface area (Å²) in [6.07, 6.45) is 1.92. The first-order valence-electron chi connectivity index (χ1n) is 7.49. The van der Waals surface area contributed by atoms with Gasteiger partial charge in [0.25, 0.3) is 5.91 Å². The van der Waals surface area contributed by atoms with Gasteiger partial charge in [-0.1, -0.05) is 47.7 Å². The van der Waals surface area contributed by atoms with E-state index in [-0.39, 0.29) is 5.91 Å². The Bertz CT molecular complexity index is 841. The van der Waals surface area contributed by atoms with Gasteiger partial charge in [-0.25, -0.2) is 0 Å². The maximum atomic E-state index is 12.8. The van der Waals surface area contributed by atoms with Crippen molar-refractivity contribution in [2.75, 3.05) is 12.0 Å². The summed E-state index contributed by atoms with van der Waals surface area (Å²) >= 11 is 6.74. The molecule has 0 unspecified atom stereocenters. The van der Waals surface area contributed by atoms with Crippen LogP contribution in [0.2, 0.25) is 0 Å². The summed E-state index contributed by atoms with van der Waals surface area (Å²) in [5.74, 6) is 0.659. The Morgan fingerprint density at radius 3 is 2.50 bits per heavy atom. The Balaban J connectivity index is 1.93. The highest BCUT2D eigenvalue weighted by molar-refractivity contribution is 8.27. The number of carbonyl (C=O) groups excluding carboxylic acids is 1. The molecular formula is C19H17NO2S2. The van der Waals surface area contributed by atoms with Crippen LogP contribution in [0.5, 0.6) is 5.75 Å². The maximum absolute atomic E-state index is 12.8. The lowest BCUT2D eigenvalue weighted by molar-refractivity contribution is -0.113. The molecule has 0 atom stereocenters. The fourth-order valence-electron chi connectivity index (χ4n) is 2.48. The lowest BCUT2D eigenvalue weighted by Gasteiger charge is -2.14. The Kier molecular flexibility index (Phi) is 4.73. The molecular weight excluding hydrogens is 338 g/mol. The van der Waals surface area contributed by atoms with E-state index in [2.05, 4.69) is 18.2 Å². The molecule has 0 aliphatic carbocycles. The van der Waals surface area contributed by atoms with Crippen molar-refractivity contribution in [1.29, 1.82) is 0 Å². The van der Waals surface area contributed by atoms with Crippen LogP contribution in [0.3, 0.4) is 0 Å². The highest BCUT2D eigenvalue weighted by Gasteiger charge is 2.33. The van der Waals surface area contributed by atoms with Crippen molar-refractivity contribution in [3.8, 4) is 5.75 Å². The summed E-state index contributed by atoms with van der Waals surface area (Å²) in [4.78, 5) is 15.0. The minimum Gasteiger partial charge on any atom is -0.497 e. The van der Waals surface area contributed by atoms with Gasteiger partial charge in [-0.2, -0.15) is 0 Å². The Morgan fingerprint density at radius 2 is 1.83 bits per heavy atom. The number of methoxy groups -OCH3 is 1. The second kappa shape index (κ2) is 6.79. The second-order valence-electron chi connectivity index (χ2n) is 5.58. The predicted molar refractivity (Wildman–Crippen MR) is 105 cm³/mol. The third-order valence-electron chi connectivity index (χ3n) is 3.85. The SMILES string of the molecule is COc1ccc(N2C(=O)/C(=C/c3cc(C)ccc3C)SC2=S)cc1. The molecule has 3 rings (SSSR count). The van der Waals surface area contributed by atoms with Gasteiger partial charge in [0.15, 0.2) is 4.32 Å². The molecule has 1 amide bonds. The van der Waals surface area contributed by atoms with Crippen LogP contribution >= 0.6 is 24.0 Å². The number of benzene rings is 2. The third-order valence-corrected chi connectivity index (χ3v) is 5.15. The van der Waals surface area contributed by atoms with Gasteiger partial charge in [0.2, 0.25) is 0 Å². The fraction of sp³-hybridized carbons (Fsp3) is 0.158. The quantitative estimate of drug-likeness (QED) is 0.589. The lowest BCUT2D eigenvalue weighted by atomic mass is 10.1. The molecule has 0 aromatic heterocycles. The van der Waals surface area contributed by atoms with E-state index in [0.717, 1.165) is 28.1 Å². The van der Waals surface area contributed by atoms with Gasteiger partial charge in [-0.05, 0) is 55.3 Å². The fourth-order valence-corrected chi connectivity index (χ4v) is 3.77. The van der Waals surface area contributed by atoms with Crippen molar-refractivity contribution in [2.45, 2.75) is 13.8 Å². The standard InChI is InChI=1S/C19H17NO2S2/c1-12-4-5-13(2)14(10-12)11-17-18(21)20(19(23)24-17)15-6-8-16(22-3)9-7-15/h4-11H,1-3H3/b17-11-. The number of anilines is 1. The highest BCUT2D eigenvalue weighted by Crippen LogP contribution is 2.36. The number of carbonyl (C=O) groups is 1. The molecule has 2 aromatic rings. The zero-order valence-electron chi connectivity index (χ0n) is 13.7. The van der Waals surface area contributed by atoms with Crippen molar-refractivity contribution in [3.05, 3.63) is 64.1 Å². The van der Waals surface area contributed by atoms with E-state index in [9.17, 15) is 4.79 Å². The number of nitrogens with zero attached hydrogens (tertiary/aromatic N) is 1. The molecule has 5 heteroatoms. The van der Waals surface area contributed by atoms with E-state index in [1.54, 1.807) is 12.0 Å². The van der Waals surface area contributed by atoms with Crippen LogP contribution in [0.4, 0.5) is 5.69 Å². The van der Waals surface area contributed by atoms with Crippen LogP contribution in [0.25, 0.3) is 6.08 Å². The molecule has 0 bridgehead atoms. The van der Waals surface area contributed by atoms with E-state index in [0.29, 0.717) is 9.23 Å². The van der Waals surface area contributed by atoms with Crippen molar-refractivity contribution >= 4 is 46.0 Å². The smallest absolute Gasteiger partial charge is 0.270 e. The summed E-state index contributed by atoms with van der Waals surface area (Å²) in [5, 5.41) is 0. The highest BCUT2D eigenvalue weighted by atomic mass is 32.2. The molecule has 1 heterocycles. The van der Waals surface area contributed by atoms with Crippen molar-refractivity contribution in [3.63, 3.8) is 0 Å². The van der Waals surface area contributed by atoms with Crippen LogP contribution in [-0.2, 0) is 4.79 Å². The minimum absolute atomic E-state index is 0.0870. The number of hydrogen-bond acceptors (Lipinski definition) is 4. The number of thioether (sulfide) groups is 1. The first kappa shape index (κ1) is 16.7. The van der Waals surface area contributed by atoms with Crippen molar-refractivity contribution in [1.82, 2.24) is 0 Å². The van der Waals surface area contributed by atoms with E-state index in [1.807, 2.05) is 44.2 Å². The molecule has 122 valence electrons. The summed E-state index contributed by atoms with van der Waals surface area (Å²) in [6.45, 7) is 4.08. The van der Waals surface area contributed by atoms with Crippen molar-refractivity contribution < 1.29 is 9.53 Å². The van der Waals surface area contributed by atoms with Gasteiger partial charge < -0.3 is 4.74 Å². The maximum Gasteiger partial charge on any atom is 0.270 e. The largest absolute Gasteiger partial charge is 0.497 e. The Morgan fingerprint density at radius 1 is 1.12 bits per heavy atom. The summed E-state index contributed by atoms with van der Waals surface area (Å²) in [5.41, 5.74) is 4.10. The normalized spacial score (nSPS) is 16.1. The first-order valence-corrected chi connectivity index (χ1v) is 8.71. The Hall–Kier alpha value is -2.11. The van der Waals surface area contributed by atoms with Crippen LogP contribution in [0, 0.1) is 13.8 Å². The topological polar surface area (TPSA) is 29.5 Å². The van der Waals surface area contributed by atoms with Crippen LogP contribution < -0.4 is 9.64 Å². The lowest BCUT2D eigenvalue weighted by Crippen LogP contribution is -2.27. The second-order valence-corrected chi connectivity index (χ2v) is 7.25. The van der Waals surface area contributed by atoms with Crippen LogP contribution in [0.1, 0.15) is 16.7 Å². The van der Waals surface area contributed by atoms with E-state index in [1.165, 1.54) is 11.8 Å². The molecule has 0 spiro atoms. The minimum atomic E-state index is -0.0870. The molecule has 1 aliphatic rings. The molecule has 3 nitrogen and oxygen atoms in total. The van der Waals surface area contributed by atoms with Crippen LogP contribution in [-0.4, -0.2) is 17.3 Å². The zero-order valence-corrected chi connectivity index (χ0v) is 15.3. The van der Waals surface area contributed by atoms with Gasteiger partial charge in [0.1, 0.15) is 5.75 Å². The number of thiocarbonyl (C=S) groups is 1. The molecule has 0 N–H and O–H groups in total. The van der Waals surface area contributed by atoms with Gasteiger partial charge in [0, 0.05) is 0 Å². The number of hydrogen-bond donors (Lipinski definition) is 0. The molecule has 2 aromatic carbocycles. The monoisotopic (exact) mass is 355 g/mol. The van der Waals surface area contributed by atoms with Gasteiger partial charge >= 0.3 is 0 Å². The summed E-state index contributed by atoms with van der Waals surface area (Å²) < 4.78 is 5.70. The number of rotatable bonds is 3. The predicted octanol–water partition coefficient (Wildman–Crippen LogP) is 4.72. The van der Waals surface area contributed by atoms with Gasteiger partial charge in [-0.3, -0.25) is 9.69 Å². The zero-order chi connectivity index (χ0) is 17.3. The Labute approximate surface area is 151 Å². The molecule has 0 saturated carbocycles. The molecule has 0 radical (unpaired) electrons. The van der Waals surface area contributed by atoms with Crippen LogP contribution in [0.15, 0.2) is 47.4 Å². The van der Waals surface area contributed by atoms with Crippen molar-refractivity contribution in [2.24, 2.45) is 0 Å². The molecule has 24 heavy (non-hydrogen) atoms. The number of aryl methyl sites for hydroxylation is 2. The average molecular weight is 355 g/mol. The number of amides is 1. The van der Waals surface area contributed by atoms with E-state index < -0.39 is 0 Å². The van der Waals surface area contributed by atoms with E-state index >= 15 is 0 Å². The summed E-state index contributed by atoms with van der Waals surface area (Å²) in [7, 11) is 1.61. The summed E-state index contributed by atoms with van der Waals surface area (Å²) in [6, 6.07) is 13.5. The first-order chi connectivity index (χ1) is 11.5. The molecule has 1 saturated heterocycles. The van der Waals surface area contributed by atoms with Gasteiger partial charge in [-0.15, -0.1) is 0 Å². The van der Waals surface area contributed by atoms with Gasteiger partial charge in [0.05, 0.1) is 17.7 Å². The number of ether oxygens (including phenoxy) is 1.